The number of hydrogen-bond donors (Lipinski definition) is 1. The number of likely N-dealkylation sites (N-methyl/N-ethyl adjacent to an activating group) is 1. The van der Waals surface area contributed by atoms with Gasteiger partial charge in [-0.15, -0.1) is 11.3 Å². The molecule has 0 spiro atoms. The fraction of sp³-hybridized carbons (Fsp3) is 0.538. The Bertz CT molecular complexity index is 534. The zero-order valence-electron chi connectivity index (χ0n) is 10.8. The number of nitriles is 2. The Morgan fingerprint density at radius 3 is 2.79 bits per heavy atom. The molecule has 0 radical (unpaired) electrons. The lowest BCUT2D eigenvalue weighted by Crippen LogP contribution is -2.31. The van der Waals surface area contributed by atoms with E-state index in [2.05, 4.69) is 11.0 Å². The number of nitrogen functional groups attached to an aromatic ring is 1. The number of hydrogen-bond acceptors (Lipinski definition) is 6. The molecule has 5 nitrogen and oxygen atoms in total. The SMILES string of the molecule is CCN(CC1CCCO1)c1sc(C#N)c(N)c1C#N. The van der Waals surface area contributed by atoms with Gasteiger partial charge in [-0.1, -0.05) is 0 Å². The van der Waals surface area contributed by atoms with Crippen LogP contribution in [0.1, 0.15) is 30.2 Å². The second-order valence-electron chi connectivity index (χ2n) is 4.42. The normalized spacial score (nSPS) is 17.9. The summed E-state index contributed by atoms with van der Waals surface area (Å²) in [4.78, 5) is 2.49. The summed E-state index contributed by atoms with van der Waals surface area (Å²) >= 11 is 1.29. The second-order valence-corrected chi connectivity index (χ2v) is 5.42. The van der Waals surface area contributed by atoms with Crippen molar-refractivity contribution < 1.29 is 4.74 Å². The lowest BCUT2D eigenvalue weighted by molar-refractivity contribution is 0.116. The van der Waals surface area contributed by atoms with Gasteiger partial charge in [0.2, 0.25) is 0 Å². The molecule has 6 heteroatoms. The van der Waals surface area contributed by atoms with E-state index in [4.69, 9.17) is 15.7 Å². The maximum atomic E-state index is 9.22. The number of nitrogens with two attached hydrogens (primary N) is 1. The van der Waals surface area contributed by atoms with Crippen molar-refractivity contribution in [1.82, 2.24) is 0 Å². The zero-order chi connectivity index (χ0) is 13.8. The molecule has 1 aliphatic rings. The molecule has 1 aromatic rings. The second kappa shape index (κ2) is 5.92. The number of thiophene rings is 1. The van der Waals surface area contributed by atoms with Crippen molar-refractivity contribution in [2.24, 2.45) is 0 Å². The Morgan fingerprint density at radius 2 is 2.26 bits per heavy atom. The molecule has 100 valence electrons. The fourth-order valence-corrected chi connectivity index (χ4v) is 3.28. The predicted octanol–water partition coefficient (Wildman–Crippen LogP) is 2.08. The van der Waals surface area contributed by atoms with Crippen LogP contribution in [0.15, 0.2) is 0 Å². The van der Waals surface area contributed by atoms with Crippen molar-refractivity contribution in [3.05, 3.63) is 10.4 Å². The van der Waals surface area contributed by atoms with Gasteiger partial charge >= 0.3 is 0 Å². The summed E-state index contributed by atoms with van der Waals surface area (Å²) in [5.41, 5.74) is 6.55. The molecular weight excluding hydrogens is 260 g/mol. The molecule has 0 bridgehead atoms. The Kier molecular flexibility index (Phi) is 4.26. The van der Waals surface area contributed by atoms with Gasteiger partial charge in [0.15, 0.2) is 0 Å². The van der Waals surface area contributed by atoms with E-state index in [-0.39, 0.29) is 6.10 Å². The average Bonchev–Trinajstić information content (AvgIpc) is 3.03. The lowest BCUT2D eigenvalue weighted by atomic mass is 10.2. The molecular formula is C13H16N4OS. The van der Waals surface area contributed by atoms with Gasteiger partial charge in [-0.05, 0) is 19.8 Å². The van der Waals surface area contributed by atoms with Gasteiger partial charge in [0.25, 0.3) is 0 Å². The molecule has 19 heavy (non-hydrogen) atoms. The van der Waals surface area contributed by atoms with Crippen LogP contribution < -0.4 is 10.6 Å². The Morgan fingerprint density at radius 1 is 1.47 bits per heavy atom. The van der Waals surface area contributed by atoms with E-state index in [1.165, 1.54) is 11.3 Å². The van der Waals surface area contributed by atoms with Crippen LogP contribution in [0.2, 0.25) is 0 Å². The number of anilines is 2. The van der Waals surface area contributed by atoms with Gasteiger partial charge in [0.1, 0.15) is 27.6 Å². The first-order valence-electron chi connectivity index (χ1n) is 6.30. The van der Waals surface area contributed by atoms with Crippen molar-refractivity contribution >= 4 is 22.0 Å². The molecule has 0 saturated carbocycles. The highest BCUT2D eigenvalue weighted by atomic mass is 32.1. The van der Waals surface area contributed by atoms with Gasteiger partial charge in [0.05, 0.1) is 11.8 Å². The maximum absolute atomic E-state index is 9.22. The number of ether oxygens (including phenoxy) is 1. The quantitative estimate of drug-likeness (QED) is 0.909. The van der Waals surface area contributed by atoms with Gasteiger partial charge in [-0.3, -0.25) is 0 Å². The first-order valence-corrected chi connectivity index (χ1v) is 7.11. The van der Waals surface area contributed by atoms with Crippen molar-refractivity contribution in [2.45, 2.75) is 25.9 Å². The van der Waals surface area contributed by atoms with E-state index in [0.29, 0.717) is 16.1 Å². The molecule has 2 rings (SSSR count). The van der Waals surface area contributed by atoms with Crippen molar-refractivity contribution in [1.29, 1.82) is 10.5 Å². The topological polar surface area (TPSA) is 86.1 Å². The molecule has 1 atom stereocenters. The standard InChI is InChI=1S/C13H16N4OS/c1-2-17(8-9-4-3-5-18-9)13-10(6-14)12(16)11(7-15)19-13/h9H,2-5,8,16H2,1H3. The third-order valence-corrected chi connectivity index (χ3v) is 4.43. The molecule has 1 saturated heterocycles. The van der Waals surface area contributed by atoms with Crippen LogP contribution in [-0.2, 0) is 4.74 Å². The highest BCUT2D eigenvalue weighted by Gasteiger charge is 2.24. The molecule has 1 aliphatic heterocycles. The molecule has 0 aliphatic carbocycles. The third-order valence-electron chi connectivity index (χ3n) is 3.26. The largest absolute Gasteiger partial charge is 0.396 e. The summed E-state index contributed by atoms with van der Waals surface area (Å²) in [5, 5.41) is 19.0. The van der Waals surface area contributed by atoms with E-state index in [1.54, 1.807) is 0 Å². The van der Waals surface area contributed by atoms with Crippen LogP contribution in [0.4, 0.5) is 10.7 Å². The zero-order valence-corrected chi connectivity index (χ0v) is 11.7. The van der Waals surface area contributed by atoms with Gasteiger partial charge in [0, 0.05) is 19.7 Å². The summed E-state index contributed by atoms with van der Waals surface area (Å²) in [7, 11) is 0. The van der Waals surface area contributed by atoms with Gasteiger partial charge in [-0.2, -0.15) is 10.5 Å². The summed E-state index contributed by atoms with van der Waals surface area (Å²) in [6, 6.07) is 4.16. The minimum absolute atomic E-state index is 0.209. The molecule has 2 N–H and O–H groups in total. The molecule has 1 aromatic heterocycles. The van der Waals surface area contributed by atoms with E-state index in [1.807, 2.05) is 13.0 Å². The molecule has 2 heterocycles. The monoisotopic (exact) mass is 276 g/mol. The minimum Gasteiger partial charge on any atom is -0.396 e. The first kappa shape index (κ1) is 13.7. The Labute approximate surface area is 116 Å². The van der Waals surface area contributed by atoms with Gasteiger partial charge < -0.3 is 15.4 Å². The van der Waals surface area contributed by atoms with E-state index >= 15 is 0 Å². The van der Waals surface area contributed by atoms with Crippen LogP contribution in [0.25, 0.3) is 0 Å². The number of nitrogens with zero attached hydrogens (tertiary/aromatic N) is 3. The van der Waals surface area contributed by atoms with Crippen molar-refractivity contribution in [3.8, 4) is 12.1 Å². The Balaban J connectivity index is 2.27. The smallest absolute Gasteiger partial charge is 0.131 e. The van der Waals surface area contributed by atoms with Crippen LogP contribution in [0, 0.1) is 22.7 Å². The van der Waals surface area contributed by atoms with Crippen LogP contribution >= 0.6 is 11.3 Å². The van der Waals surface area contributed by atoms with E-state index in [9.17, 15) is 5.26 Å². The fourth-order valence-electron chi connectivity index (χ4n) is 2.23. The first-order chi connectivity index (χ1) is 9.21. The van der Waals surface area contributed by atoms with Crippen molar-refractivity contribution in [2.75, 3.05) is 30.3 Å². The van der Waals surface area contributed by atoms with Gasteiger partial charge in [-0.25, -0.2) is 0 Å². The molecule has 0 amide bonds. The summed E-state index contributed by atoms with van der Waals surface area (Å²) in [6.07, 6.45) is 2.34. The molecule has 1 unspecified atom stereocenters. The Hall–Kier alpha value is -1.76. The lowest BCUT2D eigenvalue weighted by Gasteiger charge is -2.24. The summed E-state index contributed by atoms with van der Waals surface area (Å²) < 4.78 is 5.63. The van der Waals surface area contributed by atoms with Crippen molar-refractivity contribution in [3.63, 3.8) is 0 Å². The predicted molar refractivity (Wildman–Crippen MR) is 75.0 cm³/mol. The third kappa shape index (κ3) is 2.65. The van der Waals surface area contributed by atoms with Crippen LogP contribution in [-0.4, -0.2) is 25.8 Å². The average molecular weight is 276 g/mol. The number of rotatable bonds is 4. The minimum atomic E-state index is 0.209. The molecule has 0 aromatic carbocycles. The maximum Gasteiger partial charge on any atom is 0.131 e. The highest BCUT2D eigenvalue weighted by Crippen LogP contribution is 2.37. The summed E-state index contributed by atoms with van der Waals surface area (Å²) in [6.45, 7) is 4.34. The highest BCUT2D eigenvalue weighted by molar-refractivity contribution is 7.17. The summed E-state index contributed by atoms with van der Waals surface area (Å²) in [5.74, 6) is 0. The molecule has 1 fully saturated rings. The van der Waals surface area contributed by atoms with Crippen LogP contribution in [0.3, 0.4) is 0 Å². The van der Waals surface area contributed by atoms with Crippen LogP contribution in [0.5, 0.6) is 0 Å². The van der Waals surface area contributed by atoms with E-state index < -0.39 is 0 Å². The van der Waals surface area contributed by atoms with E-state index in [0.717, 1.165) is 37.5 Å².